The molecule has 0 amide bonds. The molecule has 1 aromatic carbocycles. The van der Waals surface area contributed by atoms with Crippen LogP contribution in [-0.2, 0) is 0 Å². The van der Waals surface area contributed by atoms with Crippen molar-refractivity contribution in [2.45, 2.75) is 33.5 Å². The lowest BCUT2D eigenvalue weighted by molar-refractivity contribution is 0.112. The molecule has 2 nitrogen and oxygen atoms in total. The number of aryl methyl sites for hydroxylation is 2. The zero-order chi connectivity index (χ0) is 11.6. The van der Waals surface area contributed by atoms with Crippen LogP contribution in [0.25, 0.3) is 0 Å². The second-order valence-corrected chi connectivity index (χ2v) is 9.25. The van der Waals surface area contributed by atoms with Crippen molar-refractivity contribution in [3.8, 4) is 5.75 Å². The average molecular weight is 222 g/mol. The Hall–Kier alpha value is -1.09. The summed E-state index contributed by atoms with van der Waals surface area (Å²) in [6.07, 6.45) is 0.879. The summed E-state index contributed by atoms with van der Waals surface area (Å²) in [6.45, 7) is 10.3. The van der Waals surface area contributed by atoms with Crippen molar-refractivity contribution in [1.82, 2.24) is 0 Å². The zero-order valence-corrected chi connectivity index (χ0v) is 11.0. The Morgan fingerprint density at radius 3 is 2.27 bits per heavy atom. The molecule has 0 aromatic heterocycles. The first kappa shape index (κ1) is 12.0. The van der Waals surface area contributed by atoms with Crippen LogP contribution in [-0.4, -0.2) is 14.6 Å². The van der Waals surface area contributed by atoms with Gasteiger partial charge in [-0.05, 0) is 50.7 Å². The molecular formula is C12H18O2Si. The maximum absolute atomic E-state index is 11.0. The van der Waals surface area contributed by atoms with Gasteiger partial charge in [-0.25, -0.2) is 0 Å². The fourth-order valence-corrected chi connectivity index (χ4v) is 2.33. The van der Waals surface area contributed by atoms with Crippen molar-refractivity contribution >= 4 is 14.6 Å². The molecule has 0 radical (unpaired) electrons. The third kappa shape index (κ3) is 3.20. The molecular weight excluding hydrogens is 204 g/mol. The highest BCUT2D eigenvalue weighted by Gasteiger charge is 2.19. The van der Waals surface area contributed by atoms with Crippen LogP contribution in [0.3, 0.4) is 0 Å². The second-order valence-electron chi connectivity index (χ2n) is 4.83. The Kier molecular flexibility index (Phi) is 3.34. The predicted molar refractivity (Wildman–Crippen MR) is 65.3 cm³/mol. The quantitative estimate of drug-likeness (QED) is 0.579. The van der Waals surface area contributed by atoms with E-state index in [0.717, 1.165) is 23.2 Å². The van der Waals surface area contributed by atoms with Crippen LogP contribution in [0.2, 0.25) is 19.6 Å². The summed E-state index contributed by atoms with van der Waals surface area (Å²) >= 11 is 0. The van der Waals surface area contributed by atoms with Gasteiger partial charge in [0, 0.05) is 0 Å². The van der Waals surface area contributed by atoms with E-state index in [1.807, 2.05) is 26.0 Å². The van der Waals surface area contributed by atoms with E-state index in [0.29, 0.717) is 5.56 Å². The van der Waals surface area contributed by atoms with Gasteiger partial charge < -0.3 is 4.43 Å². The molecule has 0 unspecified atom stereocenters. The lowest BCUT2D eigenvalue weighted by Gasteiger charge is -2.21. The lowest BCUT2D eigenvalue weighted by Crippen LogP contribution is -2.30. The highest BCUT2D eigenvalue weighted by Crippen LogP contribution is 2.25. The monoisotopic (exact) mass is 222 g/mol. The summed E-state index contributed by atoms with van der Waals surface area (Å²) in [5.41, 5.74) is 2.80. The lowest BCUT2D eigenvalue weighted by atomic mass is 10.1. The molecule has 0 heterocycles. The van der Waals surface area contributed by atoms with Gasteiger partial charge in [-0.3, -0.25) is 4.79 Å². The Morgan fingerprint density at radius 1 is 1.20 bits per heavy atom. The van der Waals surface area contributed by atoms with Crippen molar-refractivity contribution < 1.29 is 9.22 Å². The highest BCUT2D eigenvalue weighted by molar-refractivity contribution is 6.70. The third-order valence-electron chi connectivity index (χ3n) is 2.03. The van der Waals surface area contributed by atoms with Gasteiger partial charge in [0.15, 0.2) is 6.29 Å². The van der Waals surface area contributed by atoms with Crippen molar-refractivity contribution in [1.29, 1.82) is 0 Å². The van der Waals surface area contributed by atoms with Crippen LogP contribution in [0, 0.1) is 13.8 Å². The van der Waals surface area contributed by atoms with E-state index in [4.69, 9.17) is 4.43 Å². The summed E-state index contributed by atoms with van der Waals surface area (Å²) in [6, 6.07) is 3.94. The Labute approximate surface area is 92.4 Å². The minimum Gasteiger partial charge on any atom is -0.544 e. The molecule has 0 aliphatic heterocycles. The van der Waals surface area contributed by atoms with Crippen LogP contribution in [0.15, 0.2) is 12.1 Å². The topological polar surface area (TPSA) is 26.3 Å². The largest absolute Gasteiger partial charge is 0.544 e. The number of rotatable bonds is 3. The molecule has 0 saturated heterocycles. The summed E-state index contributed by atoms with van der Waals surface area (Å²) < 4.78 is 5.89. The molecule has 0 fully saturated rings. The molecule has 82 valence electrons. The molecule has 15 heavy (non-hydrogen) atoms. The summed E-state index contributed by atoms with van der Waals surface area (Å²) in [5.74, 6) is 0.738. The Bertz CT molecular complexity index is 378. The molecule has 1 rings (SSSR count). The first-order valence-corrected chi connectivity index (χ1v) is 8.50. The maximum Gasteiger partial charge on any atom is 0.242 e. The Balaban J connectivity index is 3.21. The number of aldehydes is 1. The molecule has 0 bridgehead atoms. The maximum atomic E-state index is 11.0. The summed E-state index contributed by atoms with van der Waals surface area (Å²) in [4.78, 5) is 11.0. The smallest absolute Gasteiger partial charge is 0.242 e. The van der Waals surface area contributed by atoms with E-state index in [1.54, 1.807) is 0 Å². The first-order chi connectivity index (χ1) is 6.83. The minimum absolute atomic E-state index is 0.683. The fraction of sp³-hybridized carbons (Fsp3) is 0.417. The van der Waals surface area contributed by atoms with Gasteiger partial charge in [-0.2, -0.15) is 0 Å². The number of carbonyl (C=O) groups is 1. The van der Waals surface area contributed by atoms with Crippen molar-refractivity contribution in [2.75, 3.05) is 0 Å². The van der Waals surface area contributed by atoms with Crippen LogP contribution < -0.4 is 4.43 Å². The summed E-state index contributed by atoms with van der Waals surface area (Å²) in [5, 5.41) is 0. The van der Waals surface area contributed by atoms with E-state index < -0.39 is 8.32 Å². The molecule has 0 saturated carbocycles. The molecule has 0 N–H and O–H groups in total. The van der Waals surface area contributed by atoms with Gasteiger partial charge >= 0.3 is 0 Å². The van der Waals surface area contributed by atoms with E-state index in [-0.39, 0.29) is 0 Å². The SMILES string of the molecule is Cc1cc(C)c(C=O)c(O[Si](C)(C)C)c1. The fourth-order valence-electron chi connectivity index (χ4n) is 1.51. The van der Waals surface area contributed by atoms with Crippen molar-refractivity contribution in [3.63, 3.8) is 0 Å². The number of hydrogen-bond acceptors (Lipinski definition) is 2. The van der Waals surface area contributed by atoms with Gasteiger partial charge in [0.2, 0.25) is 8.32 Å². The van der Waals surface area contributed by atoms with Crippen LogP contribution in [0.1, 0.15) is 21.5 Å². The number of carbonyl (C=O) groups excluding carboxylic acids is 1. The molecule has 0 atom stereocenters. The van der Waals surface area contributed by atoms with Gasteiger partial charge in [0.1, 0.15) is 5.75 Å². The molecule has 1 aromatic rings. The Morgan fingerprint density at radius 2 is 1.80 bits per heavy atom. The number of benzene rings is 1. The van der Waals surface area contributed by atoms with Gasteiger partial charge in [-0.15, -0.1) is 0 Å². The van der Waals surface area contributed by atoms with E-state index in [2.05, 4.69) is 19.6 Å². The van der Waals surface area contributed by atoms with Gasteiger partial charge in [0.25, 0.3) is 0 Å². The molecule has 0 aliphatic carbocycles. The zero-order valence-electron chi connectivity index (χ0n) is 10.0. The summed E-state index contributed by atoms with van der Waals surface area (Å²) in [7, 11) is -1.65. The van der Waals surface area contributed by atoms with Crippen LogP contribution >= 0.6 is 0 Å². The molecule has 0 aliphatic rings. The number of hydrogen-bond donors (Lipinski definition) is 0. The molecule has 0 spiro atoms. The van der Waals surface area contributed by atoms with Gasteiger partial charge in [0.05, 0.1) is 5.56 Å². The van der Waals surface area contributed by atoms with E-state index in [9.17, 15) is 4.79 Å². The highest BCUT2D eigenvalue weighted by atomic mass is 28.4. The second kappa shape index (κ2) is 4.19. The molecule has 3 heteroatoms. The normalized spacial score (nSPS) is 11.3. The minimum atomic E-state index is -1.65. The average Bonchev–Trinajstić information content (AvgIpc) is 1.99. The van der Waals surface area contributed by atoms with Crippen LogP contribution in [0.4, 0.5) is 0 Å². The van der Waals surface area contributed by atoms with E-state index >= 15 is 0 Å². The predicted octanol–water partition coefficient (Wildman–Crippen LogP) is 3.33. The van der Waals surface area contributed by atoms with Crippen LogP contribution in [0.5, 0.6) is 5.75 Å². The standard InChI is InChI=1S/C12H18O2Si/c1-9-6-10(2)11(8-13)12(7-9)14-15(3,4)5/h6-8H,1-5H3. The van der Waals surface area contributed by atoms with E-state index in [1.165, 1.54) is 0 Å². The third-order valence-corrected chi connectivity index (χ3v) is 2.86. The van der Waals surface area contributed by atoms with Gasteiger partial charge in [-0.1, -0.05) is 6.07 Å². The van der Waals surface area contributed by atoms with Crippen molar-refractivity contribution in [2.24, 2.45) is 0 Å². The van der Waals surface area contributed by atoms with Crippen molar-refractivity contribution in [3.05, 3.63) is 28.8 Å². The first-order valence-electron chi connectivity index (χ1n) is 5.09.